The van der Waals surface area contributed by atoms with E-state index in [2.05, 4.69) is 21.0 Å². The van der Waals surface area contributed by atoms with Crippen LogP contribution in [-0.2, 0) is 7.05 Å². The lowest BCUT2D eigenvalue weighted by atomic mass is 10.2. The first-order chi connectivity index (χ1) is 11.1. The molecule has 1 aliphatic heterocycles. The highest BCUT2D eigenvalue weighted by Gasteiger charge is 2.25. The van der Waals surface area contributed by atoms with Gasteiger partial charge in [-0.15, -0.1) is 0 Å². The monoisotopic (exact) mass is 315 g/mol. The summed E-state index contributed by atoms with van der Waals surface area (Å²) in [4.78, 5) is 20.8. The summed E-state index contributed by atoms with van der Waals surface area (Å²) in [5.74, 6) is 1.80. The van der Waals surface area contributed by atoms with Crippen LogP contribution in [0.5, 0.6) is 5.75 Å². The van der Waals surface area contributed by atoms with Crippen LogP contribution in [0.3, 0.4) is 0 Å². The summed E-state index contributed by atoms with van der Waals surface area (Å²) in [5, 5.41) is 4.14. The number of hydrogen-bond donors (Lipinski definition) is 0. The Bertz CT molecular complexity index is 704. The Hall–Kier alpha value is -2.57. The minimum atomic E-state index is -0.0570. The van der Waals surface area contributed by atoms with Gasteiger partial charge >= 0.3 is 0 Å². The molecule has 0 unspecified atom stereocenters. The fourth-order valence-electron chi connectivity index (χ4n) is 2.82. The summed E-state index contributed by atoms with van der Waals surface area (Å²) >= 11 is 0. The van der Waals surface area contributed by atoms with E-state index in [9.17, 15) is 4.79 Å². The molecule has 0 aliphatic carbocycles. The van der Waals surface area contributed by atoms with Crippen molar-refractivity contribution in [2.24, 2.45) is 7.05 Å². The maximum atomic E-state index is 12.5. The van der Waals surface area contributed by atoms with Crippen molar-refractivity contribution in [1.29, 1.82) is 0 Å². The number of piperazine rings is 1. The zero-order valence-electron chi connectivity index (χ0n) is 13.7. The van der Waals surface area contributed by atoms with E-state index in [1.165, 1.54) is 0 Å². The lowest BCUT2D eigenvalue weighted by Crippen LogP contribution is -2.49. The fraction of sp³-hybridized carbons (Fsp3) is 0.438. The molecule has 0 spiro atoms. The molecule has 0 saturated carbocycles. The van der Waals surface area contributed by atoms with Crippen LogP contribution in [0, 0.1) is 6.92 Å². The number of carbonyl (C=O) groups excluding carboxylic acids is 1. The number of aromatic nitrogens is 3. The summed E-state index contributed by atoms with van der Waals surface area (Å²) in [5.41, 5.74) is 1.12. The van der Waals surface area contributed by atoms with E-state index in [0.29, 0.717) is 24.7 Å². The largest absolute Gasteiger partial charge is 0.497 e. The number of anilines is 1. The first-order valence-corrected chi connectivity index (χ1v) is 7.64. The molecule has 0 radical (unpaired) electrons. The molecule has 1 aliphatic rings. The number of aryl methyl sites for hydroxylation is 2. The molecule has 23 heavy (non-hydrogen) atoms. The van der Waals surface area contributed by atoms with Crippen LogP contribution in [-0.4, -0.2) is 58.9 Å². The Kier molecular flexibility index (Phi) is 4.18. The molecule has 1 saturated heterocycles. The number of amides is 1. The predicted octanol–water partition coefficient (Wildman–Crippen LogP) is 1.09. The molecule has 2 aromatic rings. The number of carbonyl (C=O) groups is 1. The first-order valence-electron chi connectivity index (χ1n) is 7.64. The van der Waals surface area contributed by atoms with E-state index in [1.807, 2.05) is 23.1 Å². The normalized spacial score (nSPS) is 14.9. The van der Waals surface area contributed by atoms with Crippen molar-refractivity contribution < 1.29 is 9.53 Å². The van der Waals surface area contributed by atoms with Crippen LogP contribution >= 0.6 is 0 Å². The van der Waals surface area contributed by atoms with Crippen LogP contribution in [0.15, 0.2) is 24.3 Å². The van der Waals surface area contributed by atoms with Crippen molar-refractivity contribution in [2.75, 3.05) is 38.2 Å². The molecule has 0 bridgehead atoms. The second-order valence-electron chi connectivity index (χ2n) is 5.59. The maximum absolute atomic E-state index is 12.5. The van der Waals surface area contributed by atoms with E-state index >= 15 is 0 Å². The summed E-state index contributed by atoms with van der Waals surface area (Å²) in [6, 6.07) is 7.99. The predicted molar refractivity (Wildman–Crippen MR) is 86.9 cm³/mol. The molecule has 0 N–H and O–H groups in total. The van der Waals surface area contributed by atoms with Gasteiger partial charge in [0.2, 0.25) is 5.82 Å². The number of hydrogen-bond acceptors (Lipinski definition) is 5. The lowest BCUT2D eigenvalue weighted by molar-refractivity contribution is 0.0729. The standard InChI is InChI=1S/C16H21N5O2/c1-12-17-15(19(2)18-12)16(22)21-9-7-20(8-10-21)13-5-4-6-14(11-13)23-3/h4-6,11H,7-10H2,1-3H3. The Morgan fingerprint density at radius 2 is 1.96 bits per heavy atom. The molecule has 1 amide bonds. The highest BCUT2D eigenvalue weighted by atomic mass is 16.5. The smallest absolute Gasteiger partial charge is 0.291 e. The van der Waals surface area contributed by atoms with Gasteiger partial charge in [-0.1, -0.05) is 6.07 Å². The third-order valence-electron chi connectivity index (χ3n) is 4.05. The van der Waals surface area contributed by atoms with Crippen molar-refractivity contribution >= 4 is 11.6 Å². The minimum absolute atomic E-state index is 0.0570. The Balaban J connectivity index is 1.66. The average molecular weight is 315 g/mol. The third-order valence-corrected chi connectivity index (χ3v) is 4.05. The average Bonchev–Trinajstić information content (AvgIpc) is 2.93. The second kappa shape index (κ2) is 6.28. The SMILES string of the molecule is COc1cccc(N2CCN(C(=O)c3nc(C)nn3C)CC2)c1. The Labute approximate surface area is 135 Å². The van der Waals surface area contributed by atoms with Gasteiger partial charge in [-0.3, -0.25) is 4.79 Å². The number of methoxy groups -OCH3 is 1. The van der Waals surface area contributed by atoms with Crippen LogP contribution in [0.1, 0.15) is 16.4 Å². The molecule has 7 nitrogen and oxygen atoms in total. The Morgan fingerprint density at radius 3 is 2.57 bits per heavy atom. The van der Waals surface area contributed by atoms with E-state index in [-0.39, 0.29) is 5.91 Å². The van der Waals surface area contributed by atoms with Crippen LogP contribution in [0.2, 0.25) is 0 Å². The van der Waals surface area contributed by atoms with E-state index in [0.717, 1.165) is 24.5 Å². The zero-order chi connectivity index (χ0) is 16.4. The van der Waals surface area contributed by atoms with Gasteiger partial charge in [0.25, 0.3) is 5.91 Å². The van der Waals surface area contributed by atoms with Gasteiger partial charge in [0.1, 0.15) is 11.6 Å². The molecule has 1 fully saturated rings. The molecule has 1 aromatic carbocycles. The molecule has 2 heterocycles. The lowest BCUT2D eigenvalue weighted by Gasteiger charge is -2.35. The summed E-state index contributed by atoms with van der Waals surface area (Å²) in [7, 11) is 3.42. The van der Waals surface area contributed by atoms with Gasteiger partial charge in [-0.2, -0.15) is 5.10 Å². The highest BCUT2D eigenvalue weighted by Crippen LogP contribution is 2.22. The van der Waals surface area contributed by atoms with Crippen molar-refractivity contribution in [3.63, 3.8) is 0 Å². The molecule has 1 aromatic heterocycles. The van der Waals surface area contributed by atoms with Crippen molar-refractivity contribution in [3.8, 4) is 5.75 Å². The van der Waals surface area contributed by atoms with Crippen molar-refractivity contribution in [2.45, 2.75) is 6.92 Å². The van der Waals surface area contributed by atoms with Crippen LogP contribution in [0.4, 0.5) is 5.69 Å². The third kappa shape index (κ3) is 3.13. The van der Waals surface area contributed by atoms with Gasteiger partial charge in [0.05, 0.1) is 7.11 Å². The Morgan fingerprint density at radius 1 is 1.22 bits per heavy atom. The molecule has 7 heteroatoms. The number of nitrogens with zero attached hydrogens (tertiary/aromatic N) is 5. The second-order valence-corrected chi connectivity index (χ2v) is 5.59. The molecule has 3 rings (SSSR count). The van der Waals surface area contributed by atoms with E-state index in [4.69, 9.17) is 4.74 Å². The molecular formula is C16H21N5O2. The van der Waals surface area contributed by atoms with E-state index in [1.54, 1.807) is 25.8 Å². The summed E-state index contributed by atoms with van der Waals surface area (Å²) in [6.07, 6.45) is 0. The molecular weight excluding hydrogens is 294 g/mol. The van der Waals surface area contributed by atoms with E-state index < -0.39 is 0 Å². The van der Waals surface area contributed by atoms with Crippen molar-refractivity contribution in [3.05, 3.63) is 35.9 Å². The zero-order valence-corrected chi connectivity index (χ0v) is 13.7. The number of benzene rings is 1. The van der Waals surface area contributed by atoms with Crippen molar-refractivity contribution in [1.82, 2.24) is 19.7 Å². The fourth-order valence-corrected chi connectivity index (χ4v) is 2.82. The number of ether oxygens (including phenoxy) is 1. The van der Waals surface area contributed by atoms with Gasteiger partial charge in [-0.05, 0) is 19.1 Å². The molecule has 122 valence electrons. The van der Waals surface area contributed by atoms with Gasteiger partial charge in [0, 0.05) is 45.0 Å². The van der Waals surface area contributed by atoms with Gasteiger partial charge < -0.3 is 14.5 Å². The topological polar surface area (TPSA) is 63.5 Å². The van der Waals surface area contributed by atoms with Crippen LogP contribution in [0.25, 0.3) is 0 Å². The van der Waals surface area contributed by atoms with Gasteiger partial charge in [-0.25, -0.2) is 9.67 Å². The highest BCUT2D eigenvalue weighted by molar-refractivity contribution is 5.90. The quantitative estimate of drug-likeness (QED) is 0.848. The first kappa shape index (κ1) is 15.3. The summed E-state index contributed by atoms with van der Waals surface area (Å²) in [6.45, 7) is 4.70. The molecule has 0 atom stereocenters. The maximum Gasteiger partial charge on any atom is 0.291 e. The summed E-state index contributed by atoms with van der Waals surface area (Å²) < 4.78 is 6.82. The minimum Gasteiger partial charge on any atom is -0.497 e. The number of rotatable bonds is 3. The van der Waals surface area contributed by atoms with Crippen LogP contribution < -0.4 is 9.64 Å². The van der Waals surface area contributed by atoms with Gasteiger partial charge in [0.15, 0.2) is 0 Å².